The highest BCUT2D eigenvalue weighted by atomic mass is 79.9. The number of aromatic nitrogens is 2. The van der Waals surface area contributed by atoms with Crippen LogP contribution >= 0.6 is 15.9 Å². The van der Waals surface area contributed by atoms with Crippen LogP contribution in [0.5, 0.6) is 11.5 Å². The van der Waals surface area contributed by atoms with Gasteiger partial charge in [-0.15, -0.1) is 0 Å². The van der Waals surface area contributed by atoms with Crippen molar-refractivity contribution in [3.8, 4) is 28.8 Å². The lowest BCUT2D eigenvalue weighted by atomic mass is 10.0. The highest BCUT2D eigenvalue weighted by Gasteiger charge is 2.40. The molecule has 2 aromatic carbocycles. The zero-order valence-corrected chi connectivity index (χ0v) is 18.4. The molecule has 1 fully saturated rings. The van der Waals surface area contributed by atoms with Crippen LogP contribution in [0.25, 0.3) is 22.2 Å². The van der Waals surface area contributed by atoms with Crippen LogP contribution in [0.3, 0.4) is 0 Å². The number of methoxy groups -OCH3 is 1. The lowest BCUT2D eigenvalue weighted by Gasteiger charge is -2.17. The van der Waals surface area contributed by atoms with Crippen molar-refractivity contribution in [3.05, 3.63) is 39.9 Å². The second kappa shape index (κ2) is 8.35. The molecule has 1 amide bonds. The number of ether oxygens (including phenoxy) is 2. The summed E-state index contributed by atoms with van der Waals surface area (Å²) in [6.45, 7) is -3.22. The zero-order valence-electron chi connectivity index (χ0n) is 16.8. The maximum atomic E-state index is 13.3. The molecule has 1 aromatic heterocycles. The Bertz CT molecular complexity index is 1270. The van der Waals surface area contributed by atoms with Gasteiger partial charge in [0.25, 0.3) is 5.91 Å². The van der Waals surface area contributed by atoms with Gasteiger partial charge in [-0.2, -0.15) is 19.1 Å². The van der Waals surface area contributed by atoms with Crippen molar-refractivity contribution in [2.45, 2.75) is 25.2 Å². The highest BCUT2D eigenvalue weighted by molar-refractivity contribution is 9.10. The van der Waals surface area contributed by atoms with Crippen LogP contribution in [0.4, 0.5) is 13.2 Å². The average Bonchev–Trinajstić information content (AvgIpc) is 3.30. The molecule has 4 rings (SSSR count). The predicted molar refractivity (Wildman–Crippen MR) is 113 cm³/mol. The molecule has 1 saturated carbocycles. The lowest BCUT2D eigenvalue weighted by Crippen LogP contribution is -2.28. The van der Waals surface area contributed by atoms with Crippen molar-refractivity contribution in [1.82, 2.24) is 15.1 Å². The van der Waals surface area contributed by atoms with E-state index in [1.807, 2.05) is 0 Å². The Morgan fingerprint density at radius 3 is 2.62 bits per heavy atom. The van der Waals surface area contributed by atoms with E-state index >= 15 is 0 Å². The van der Waals surface area contributed by atoms with Crippen LogP contribution in [0.2, 0.25) is 0 Å². The molecule has 2 atom stereocenters. The molecule has 1 aliphatic rings. The fraction of sp³-hybridized carbons (Fsp3) is 0.286. The molecule has 0 bridgehead atoms. The number of alkyl halides is 3. The maximum absolute atomic E-state index is 13.3. The van der Waals surface area contributed by atoms with Crippen molar-refractivity contribution in [2.24, 2.45) is 7.05 Å². The molecule has 0 aliphatic heterocycles. The number of amides is 1. The SMILES string of the molecule is COc1cc(-c2c3c(C#N)cc(Br)cc3nn2C)cc(OC(F)F)c1C(=O)N[C@@H]1C[C@@H]1F. The quantitative estimate of drug-likeness (QED) is 0.535. The fourth-order valence-corrected chi connectivity index (χ4v) is 4.01. The second-order valence-corrected chi connectivity index (χ2v) is 8.11. The average molecular weight is 509 g/mol. The van der Waals surface area contributed by atoms with E-state index in [4.69, 9.17) is 4.74 Å². The second-order valence-electron chi connectivity index (χ2n) is 7.19. The van der Waals surface area contributed by atoms with E-state index in [1.165, 1.54) is 23.9 Å². The van der Waals surface area contributed by atoms with Gasteiger partial charge >= 0.3 is 6.61 Å². The van der Waals surface area contributed by atoms with E-state index < -0.39 is 30.5 Å². The van der Waals surface area contributed by atoms with Gasteiger partial charge in [0.2, 0.25) is 0 Å². The van der Waals surface area contributed by atoms with Gasteiger partial charge in [0, 0.05) is 28.9 Å². The first-order valence-corrected chi connectivity index (χ1v) is 10.2. The summed E-state index contributed by atoms with van der Waals surface area (Å²) >= 11 is 3.34. The van der Waals surface area contributed by atoms with Crippen molar-refractivity contribution >= 4 is 32.7 Å². The van der Waals surface area contributed by atoms with Crippen molar-refractivity contribution in [2.75, 3.05) is 7.11 Å². The van der Waals surface area contributed by atoms with Gasteiger partial charge in [0.15, 0.2) is 0 Å². The summed E-state index contributed by atoms with van der Waals surface area (Å²) in [5.74, 6) is -1.27. The standard InChI is InChI=1S/C21H16BrF3N4O3/c1-29-19(17-10(8-26)3-11(22)6-14(17)28-29)9-4-15(31-2)18(16(5-9)32-21(24)25)20(30)27-13-7-12(13)23/h3-6,12-13,21H,7H2,1-2H3,(H,27,30)/t12-,13+/m0/s1. The minimum atomic E-state index is -3.22. The van der Waals surface area contributed by atoms with Crippen LogP contribution in [0.15, 0.2) is 28.7 Å². The topological polar surface area (TPSA) is 89.2 Å². The molecule has 7 nitrogen and oxygen atoms in total. The minimum Gasteiger partial charge on any atom is -0.496 e. The molecule has 0 spiro atoms. The van der Waals surface area contributed by atoms with Gasteiger partial charge in [-0.1, -0.05) is 15.9 Å². The molecule has 3 aromatic rings. The number of fused-ring (bicyclic) bond motifs is 1. The van der Waals surface area contributed by atoms with Gasteiger partial charge in [-0.3, -0.25) is 9.48 Å². The largest absolute Gasteiger partial charge is 0.496 e. The van der Waals surface area contributed by atoms with E-state index in [0.717, 1.165) is 0 Å². The summed E-state index contributed by atoms with van der Waals surface area (Å²) in [5.41, 5.74) is 1.34. The number of hydrogen-bond acceptors (Lipinski definition) is 5. The van der Waals surface area contributed by atoms with Gasteiger partial charge in [-0.05, 0) is 24.3 Å². The molecule has 166 valence electrons. The van der Waals surface area contributed by atoms with E-state index in [2.05, 4.69) is 37.2 Å². The van der Waals surface area contributed by atoms with Gasteiger partial charge in [-0.25, -0.2) is 4.39 Å². The van der Waals surface area contributed by atoms with Gasteiger partial charge < -0.3 is 14.8 Å². The zero-order chi connectivity index (χ0) is 23.2. The molecule has 1 heterocycles. The normalized spacial score (nSPS) is 17.3. The first kappa shape index (κ1) is 22.0. The Hall–Kier alpha value is -3.26. The number of carbonyl (C=O) groups excluding carboxylic acids is 1. The van der Waals surface area contributed by atoms with Crippen molar-refractivity contribution in [1.29, 1.82) is 5.26 Å². The first-order chi connectivity index (χ1) is 15.2. The third kappa shape index (κ3) is 3.98. The molecule has 0 saturated heterocycles. The summed E-state index contributed by atoms with van der Waals surface area (Å²) in [6, 6.07) is 7.49. The third-order valence-corrected chi connectivity index (χ3v) is 5.51. The molecule has 32 heavy (non-hydrogen) atoms. The Morgan fingerprint density at radius 1 is 1.34 bits per heavy atom. The number of nitrogens with zero attached hydrogens (tertiary/aromatic N) is 3. The summed E-state index contributed by atoms with van der Waals surface area (Å²) in [7, 11) is 2.91. The molecule has 1 aliphatic carbocycles. The number of benzene rings is 2. The smallest absolute Gasteiger partial charge is 0.387 e. The maximum Gasteiger partial charge on any atom is 0.387 e. The Labute approximate surface area is 188 Å². The van der Waals surface area contributed by atoms with E-state index in [9.17, 15) is 23.2 Å². The van der Waals surface area contributed by atoms with Crippen molar-refractivity contribution < 1.29 is 27.4 Å². The molecule has 0 unspecified atom stereocenters. The van der Waals surface area contributed by atoms with Crippen molar-refractivity contribution in [3.63, 3.8) is 0 Å². The van der Waals surface area contributed by atoms with Crippen LogP contribution in [-0.2, 0) is 7.05 Å². The highest BCUT2D eigenvalue weighted by Crippen LogP contribution is 2.40. The Kier molecular flexibility index (Phi) is 5.73. The summed E-state index contributed by atoms with van der Waals surface area (Å²) in [5, 5.41) is 16.9. The Morgan fingerprint density at radius 2 is 2.03 bits per heavy atom. The number of aryl methyl sites for hydroxylation is 1. The van der Waals surface area contributed by atoms with E-state index in [0.29, 0.717) is 32.2 Å². The number of rotatable bonds is 6. The molecule has 11 heteroatoms. The lowest BCUT2D eigenvalue weighted by molar-refractivity contribution is -0.0502. The molecular weight excluding hydrogens is 493 g/mol. The molecule has 0 radical (unpaired) electrons. The minimum absolute atomic E-state index is 0.0447. The van der Waals surface area contributed by atoms with E-state index in [1.54, 1.807) is 19.2 Å². The van der Waals surface area contributed by atoms with Crippen LogP contribution in [-0.4, -0.2) is 41.6 Å². The number of halogens is 4. The van der Waals surface area contributed by atoms with Crippen LogP contribution in [0.1, 0.15) is 22.3 Å². The summed E-state index contributed by atoms with van der Waals surface area (Å²) in [4.78, 5) is 12.7. The monoisotopic (exact) mass is 508 g/mol. The van der Waals surface area contributed by atoms with Gasteiger partial charge in [0.05, 0.1) is 36.0 Å². The van der Waals surface area contributed by atoms with Gasteiger partial charge in [0.1, 0.15) is 23.2 Å². The number of carbonyl (C=O) groups is 1. The Balaban J connectivity index is 1.92. The predicted octanol–water partition coefficient (Wildman–Crippen LogP) is 4.32. The molecule has 1 N–H and O–H groups in total. The number of hydrogen-bond donors (Lipinski definition) is 1. The number of nitriles is 1. The fourth-order valence-electron chi connectivity index (χ4n) is 3.57. The third-order valence-electron chi connectivity index (χ3n) is 5.05. The van der Waals surface area contributed by atoms with Crippen LogP contribution < -0.4 is 14.8 Å². The number of nitrogens with one attached hydrogen (secondary N) is 1. The first-order valence-electron chi connectivity index (χ1n) is 9.42. The molecular formula is C21H16BrF3N4O3. The summed E-state index contributed by atoms with van der Waals surface area (Å²) in [6.07, 6.45) is -1.02. The van der Waals surface area contributed by atoms with Crippen LogP contribution in [0, 0.1) is 11.3 Å². The van der Waals surface area contributed by atoms with E-state index in [-0.39, 0.29) is 17.7 Å². The summed E-state index contributed by atoms with van der Waals surface area (Å²) < 4.78 is 51.7.